The molecule has 1 amide bonds. The number of thioether (sulfide) groups is 1. The van der Waals surface area contributed by atoms with Crippen LogP contribution in [0.15, 0.2) is 29.2 Å². The van der Waals surface area contributed by atoms with Crippen LogP contribution in [0.2, 0.25) is 0 Å². The monoisotopic (exact) mass is 465 g/mol. The summed E-state index contributed by atoms with van der Waals surface area (Å²) in [6.07, 6.45) is 0.917. The van der Waals surface area contributed by atoms with Crippen LogP contribution in [-0.4, -0.2) is 50.2 Å². The zero-order valence-electron chi connectivity index (χ0n) is 18.1. The second-order valence-electron chi connectivity index (χ2n) is 7.38. The normalized spacial score (nSPS) is 11.3. The second-order valence-corrected chi connectivity index (χ2v) is 8.49. The van der Waals surface area contributed by atoms with Gasteiger partial charge in [-0.3, -0.25) is 25.7 Å². The molecule has 0 bridgehead atoms. The van der Waals surface area contributed by atoms with E-state index in [1.165, 1.54) is 11.0 Å². The van der Waals surface area contributed by atoms with Crippen molar-refractivity contribution in [2.45, 2.75) is 32.9 Å². The number of hydrogen-bond donors (Lipinski definition) is 5. The average Bonchev–Trinajstić information content (AvgIpc) is 2.72. The van der Waals surface area contributed by atoms with Crippen LogP contribution >= 0.6 is 11.8 Å². The van der Waals surface area contributed by atoms with Crippen molar-refractivity contribution >= 4 is 27.8 Å². The lowest BCUT2D eigenvalue weighted by molar-refractivity contribution is 0.0496. The smallest absolute Gasteiger partial charge is 0.275 e. The van der Waals surface area contributed by atoms with Crippen molar-refractivity contribution in [3.63, 3.8) is 0 Å². The quantitative estimate of drug-likeness (QED) is 0.244. The van der Waals surface area contributed by atoms with Crippen molar-refractivity contribution < 1.29 is 18.7 Å². The van der Waals surface area contributed by atoms with E-state index in [1.807, 2.05) is 0 Å². The van der Waals surface area contributed by atoms with E-state index in [4.69, 9.17) is 10.8 Å². The molecule has 2 aromatic rings. The third-order valence-corrected chi connectivity index (χ3v) is 5.77. The Hall–Kier alpha value is -3.05. The summed E-state index contributed by atoms with van der Waals surface area (Å²) in [6.45, 7) is 5.58. The highest BCUT2D eigenvalue weighted by atomic mass is 32.2. The van der Waals surface area contributed by atoms with Crippen LogP contribution in [0.1, 0.15) is 42.4 Å². The molecule has 0 aliphatic rings. The molecule has 32 heavy (non-hydrogen) atoms. The Morgan fingerprint density at radius 2 is 1.97 bits per heavy atom. The van der Waals surface area contributed by atoms with Crippen molar-refractivity contribution in [1.29, 1.82) is 10.8 Å². The number of carbonyl (C=O) groups excluding carboxylic acids is 1. The van der Waals surface area contributed by atoms with E-state index in [-0.39, 0.29) is 33.3 Å². The van der Waals surface area contributed by atoms with Gasteiger partial charge in [0.05, 0.1) is 16.3 Å². The molecule has 2 rings (SSSR count). The maximum Gasteiger partial charge on any atom is 0.275 e. The van der Waals surface area contributed by atoms with E-state index in [9.17, 15) is 23.5 Å². The number of nitrogens with zero attached hydrogens (tertiary/aromatic N) is 1. The van der Waals surface area contributed by atoms with Crippen molar-refractivity contribution in [3.8, 4) is 5.75 Å². The maximum atomic E-state index is 13.8. The molecule has 1 heterocycles. The van der Waals surface area contributed by atoms with Crippen LogP contribution in [0.3, 0.4) is 0 Å². The van der Waals surface area contributed by atoms with Gasteiger partial charge in [-0.25, -0.2) is 8.78 Å². The highest BCUT2D eigenvalue weighted by Gasteiger charge is 2.31. The van der Waals surface area contributed by atoms with Crippen LogP contribution in [-0.2, 0) is 6.42 Å². The molecule has 8 nitrogen and oxygen atoms in total. The number of hydrogen-bond acceptors (Lipinski definition) is 7. The Morgan fingerprint density at radius 1 is 1.31 bits per heavy atom. The van der Waals surface area contributed by atoms with Gasteiger partial charge in [-0.2, -0.15) is 0 Å². The van der Waals surface area contributed by atoms with Crippen LogP contribution in [0.5, 0.6) is 5.75 Å². The maximum absolute atomic E-state index is 13.8. The Bertz CT molecular complexity index is 1120. The summed E-state index contributed by atoms with van der Waals surface area (Å²) in [5.74, 6) is -2.99. The van der Waals surface area contributed by atoms with Gasteiger partial charge in [0.2, 0.25) is 5.43 Å². The predicted molar refractivity (Wildman–Crippen MR) is 121 cm³/mol. The summed E-state index contributed by atoms with van der Waals surface area (Å²) < 4.78 is 26.8. The largest absolute Gasteiger partial charge is 0.503 e. The van der Waals surface area contributed by atoms with Crippen LogP contribution < -0.4 is 10.7 Å². The zero-order valence-corrected chi connectivity index (χ0v) is 18.9. The summed E-state index contributed by atoms with van der Waals surface area (Å²) in [6, 6.07) is 2.97. The predicted octanol–water partition coefficient (Wildman–Crippen LogP) is 3.05. The molecule has 1 aromatic heterocycles. The summed E-state index contributed by atoms with van der Waals surface area (Å²) >= 11 is 0.586. The number of benzene rings is 1. The number of pyridine rings is 1. The number of carbonyl (C=O) groups is 1. The van der Waals surface area contributed by atoms with Gasteiger partial charge in [-0.05, 0) is 39.4 Å². The molecule has 11 heteroatoms. The van der Waals surface area contributed by atoms with E-state index >= 15 is 0 Å². The Kier molecular flexibility index (Phi) is 7.92. The Labute approximate surface area is 188 Å². The minimum Gasteiger partial charge on any atom is -0.503 e. The molecular weight excluding hydrogens is 440 g/mol. The first kappa shape index (κ1) is 25.2. The number of halogens is 2. The zero-order chi connectivity index (χ0) is 24.2. The molecule has 0 atom stereocenters. The highest BCUT2D eigenvalue weighted by molar-refractivity contribution is 8.26. The lowest BCUT2D eigenvalue weighted by atomic mass is 10.1. The van der Waals surface area contributed by atoms with Crippen molar-refractivity contribution in [2.75, 3.05) is 13.6 Å². The molecule has 0 radical (unpaired) electrons. The van der Waals surface area contributed by atoms with Gasteiger partial charge >= 0.3 is 0 Å². The number of H-pyrrole nitrogens is 1. The summed E-state index contributed by atoms with van der Waals surface area (Å²) in [5.41, 5.74) is -2.18. The van der Waals surface area contributed by atoms with Gasteiger partial charge in [0.1, 0.15) is 16.7 Å². The van der Waals surface area contributed by atoms with Crippen LogP contribution in [0, 0.1) is 22.5 Å². The van der Waals surface area contributed by atoms with E-state index in [2.05, 4.69) is 10.3 Å². The molecule has 0 spiro atoms. The minimum absolute atomic E-state index is 0.0706. The summed E-state index contributed by atoms with van der Waals surface area (Å²) in [7, 11) is 1.67. The lowest BCUT2D eigenvalue weighted by Gasteiger charge is -2.37. The van der Waals surface area contributed by atoms with E-state index < -0.39 is 34.4 Å². The molecular formula is C21H25F2N5O3S. The average molecular weight is 466 g/mol. The number of aromatic amines is 1. The van der Waals surface area contributed by atoms with Gasteiger partial charge in [-0.1, -0.05) is 17.8 Å². The van der Waals surface area contributed by atoms with Crippen LogP contribution in [0.25, 0.3) is 0 Å². The lowest BCUT2D eigenvalue weighted by Crippen LogP contribution is -2.55. The fourth-order valence-electron chi connectivity index (χ4n) is 2.97. The number of rotatable bonds is 7. The highest BCUT2D eigenvalue weighted by Crippen LogP contribution is 2.21. The van der Waals surface area contributed by atoms with Crippen LogP contribution in [0.4, 0.5) is 8.78 Å². The van der Waals surface area contributed by atoms with Gasteiger partial charge in [-0.15, -0.1) is 0 Å². The first-order valence-electron chi connectivity index (χ1n) is 9.66. The van der Waals surface area contributed by atoms with E-state index in [1.54, 1.807) is 27.8 Å². The standard InChI is InChI=1S/C21H25F2N5O3S/c1-5-28(21(2,3)26-4)20(31)16-18(30)17(29)13(10-27-16)19(25)32-15(24)8-11-6-7-12(22)9-14(11)23/h6-7,9-10,24-26,30H,5,8H2,1-4H3,(H,27,29). The molecule has 0 unspecified atom stereocenters. The van der Waals surface area contributed by atoms with Crippen molar-refractivity contribution in [3.05, 3.63) is 63.1 Å². The molecule has 0 saturated heterocycles. The van der Waals surface area contributed by atoms with E-state index in [0.717, 1.165) is 12.3 Å². The second kappa shape index (κ2) is 10.0. The molecule has 5 N–H and O–H groups in total. The topological polar surface area (TPSA) is 133 Å². The fraction of sp³-hybridized carbons (Fsp3) is 0.333. The first-order chi connectivity index (χ1) is 14.9. The fourth-order valence-corrected chi connectivity index (χ4v) is 3.70. The Morgan fingerprint density at radius 3 is 2.53 bits per heavy atom. The SMILES string of the molecule is CCN(C(=O)c1[nH]cc(C(=N)SC(=N)Cc2ccc(F)cc2F)c(=O)c1O)C(C)(C)NC. The van der Waals surface area contributed by atoms with Gasteiger partial charge in [0.15, 0.2) is 11.4 Å². The van der Waals surface area contributed by atoms with Gasteiger partial charge in [0, 0.05) is 25.2 Å². The first-order valence-corrected chi connectivity index (χ1v) is 10.5. The molecule has 0 saturated carbocycles. The minimum atomic E-state index is -0.941. The van der Waals surface area contributed by atoms with Crippen molar-refractivity contribution in [2.24, 2.45) is 0 Å². The van der Waals surface area contributed by atoms with E-state index in [0.29, 0.717) is 24.4 Å². The molecule has 172 valence electrons. The summed E-state index contributed by atoms with van der Waals surface area (Å²) in [5, 5.41) is 28.9. The third kappa shape index (κ3) is 5.40. The number of aromatic hydroxyl groups is 1. The third-order valence-electron chi connectivity index (χ3n) is 4.96. The molecule has 0 aliphatic carbocycles. The van der Waals surface area contributed by atoms with Crippen molar-refractivity contribution in [1.82, 2.24) is 15.2 Å². The molecule has 0 fully saturated rings. The molecule has 0 aliphatic heterocycles. The van der Waals surface area contributed by atoms with Gasteiger partial charge < -0.3 is 15.0 Å². The Balaban J connectivity index is 2.23. The number of amides is 1. The number of nitrogens with one attached hydrogen (secondary N) is 4. The molecule has 1 aromatic carbocycles. The van der Waals surface area contributed by atoms with Gasteiger partial charge in [0.25, 0.3) is 5.91 Å². The number of aromatic nitrogens is 1. The summed E-state index contributed by atoms with van der Waals surface area (Å²) in [4.78, 5) is 29.5.